The Morgan fingerprint density at radius 2 is 2.38 bits per heavy atom. The first kappa shape index (κ1) is 13.4. The lowest BCUT2D eigenvalue weighted by atomic mass is 10.1. The maximum absolute atomic E-state index is 10.6. The van der Waals surface area contributed by atoms with E-state index in [1.54, 1.807) is 0 Å². The van der Waals surface area contributed by atoms with Crippen LogP contribution in [0, 0.1) is 0 Å². The van der Waals surface area contributed by atoms with Crippen LogP contribution in [0.15, 0.2) is 0 Å². The first-order valence-electron chi connectivity index (χ1n) is 5.88. The Morgan fingerprint density at radius 1 is 1.69 bits per heavy atom. The molecule has 0 aromatic heterocycles. The van der Waals surface area contributed by atoms with Gasteiger partial charge >= 0.3 is 5.97 Å². The van der Waals surface area contributed by atoms with Crippen molar-refractivity contribution in [3.63, 3.8) is 0 Å². The number of nitrogens with two attached hydrogens (primary N) is 1. The van der Waals surface area contributed by atoms with Crippen LogP contribution in [-0.4, -0.2) is 53.9 Å². The molecular weight excluding hydrogens is 208 g/mol. The molecule has 1 aliphatic rings. The summed E-state index contributed by atoms with van der Waals surface area (Å²) in [7, 11) is 0. The third-order valence-corrected chi connectivity index (χ3v) is 3.10. The van der Waals surface area contributed by atoms with Gasteiger partial charge in [-0.25, -0.2) is 0 Å². The summed E-state index contributed by atoms with van der Waals surface area (Å²) < 4.78 is 5.58. The Labute approximate surface area is 96.6 Å². The molecule has 1 heterocycles. The molecule has 0 bridgehead atoms. The van der Waals surface area contributed by atoms with E-state index in [1.165, 1.54) is 0 Å². The topological polar surface area (TPSA) is 75.8 Å². The smallest absolute Gasteiger partial charge is 0.320 e. The van der Waals surface area contributed by atoms with Crippen molar-refractivity contribution in [3.8, 4) is 0 Å². The second-order valence-electron chi connectivity index (χ2n) is 4.43. The van der Waals surface area contributed by atoms with E-state index in [2.05, 4.69) is 11.8 Å². The maximum Gasteiger partial charge on any atom is 0.320 e. The monoisotopic (exact) mass is 230 g/mol. The molecule has 0 amide bonds. The van der Waals surface area contributed by atoms with E-state index in [0.717, 1.165) is 26.1 Å². The largest absolute Gasteiger partial charge is 0.480 e. The van der Waals surface area contributed by atoms with E-state index in [4.69, 9.17) is 15.6 Å². The highest BCUT2D eigenvalue weighted by atomic mass is 16.5. The summed E-state index contributed by atoms with van der Waals surface area (Å²) in [5.74, 6) is -0.922. The minimum absolute atomic E-state index is 0.226. The summed E-state index contributed by atoms with van der Waals surface area (Å²) in [4.78, 5) is 12.9. The van der Waals surface area contributed by atoms with E-state index in [-0.39, 0.29) is 6.10 Å². The van der Waals surface area contributed by atoms with Gasteiger partial charge in [0.1, 0.15) is 6.04 Å². The van der Waals surface area contributed by atoms with Crippen LogP contribution >= 0.6 is 0 Å². The van der Waals surface area contributed by atoms with Gasteiger partial charge in [0.2, 0.25) is 0 Å². The molecule has 3 atom stereocenters. The van der Waals surface area contributed by atoms with E-state index in [1.807, 2.05) is 6.92 Å². The summed E-state index contributed by atoms with van der Waals surface area (Å²) in [6.45, 7) is 6.49. The predicted octanol–water partition coefficient (Wildman–Crippen LogP) is 0.288. The van der Waals surface area contributed by atoms with Crippen LogP contribution in [0.5, 0.6) is 0 Å². The number of morpholine rings is 1. The van der Waals surface area contributed by atoms with Crippen molar-refractivity contribution in [2.75, 3.05) is 19.7 Å². The van der Waals surface area contributed by atoms with Gasteiger partial charge in [-0.2, -0.15) is 0 Å². The number of carboxylic acid groups (broad SMARTS) is 1. The van der Waals surface area contributed by atoms with Gasteiger partial charge in [0, 0.05) is 19.1 Å². The Balaban J connectivity index is 2.40. The van der Waals surface area contributed by atoms with Crippen LogP contribution in [-0.2, 0) is 9.53 Å². The predicted molar refractivity (Wildman–Crippen MR) is 61.3 cm³/mol. The standard InChI is InChI=1S/C11H22N2O3/c1-3-9-7-16-8(2)6-13(9)5-4-10(12)11(14)15/h8-10H,3-7,12H2,1-2H3,(H,14,15). The number of hydrogen-bond donors (Lipinski definition) is 2. The van der Waals surface area contributed by atoms with Crippen molar-refractivity contribution in [3.05, 3.63) is 0 Å². The highest BCUT2D eigenvalue weighted by Crippen LogP contribution is 2.14. The zero-order valence-electron chi connectivity index (χ0n) is 10.1. The van der Waals surface area contributed by atoms with Gasteiger partial charge in [0.05, 0.1) is 12.7 Å². The van der Waals surface area contributed by atoms with Gasteiger partial charge < -0.3 is 15.6 Å². The number of aliphatic carboxylic acids is 1. The number of rotatable bonds is 5. The van der Waals surface area contributed by atoms with Crippen molar-refractivity contribution in [1.82, 2.24) is 4.90 Å². The van der Waals surface area contributed by atoms with Gasteiger partial charge in [0.15, 0.2) is 0 Å². The molecule has 1 fully saturated rings. The zero-order chi connectivity index (χ0) is 12.1. The molecular formula is C11H22N2O3. The van der Waals surface area contributed by atoms with Crippen molar-refractivity contribution < 1.29 is 14.6 Å². The molecule has 1 rings (SSSR count). The fraction of sp³-hybridized carbons (Fsp3) is 0.909. The van der Waals surface area contributed by atoms with Gasteiger partial charge in [-0.3, -0.25) is 9.69 Å². The number of carboxylic acids is 1. The highest BCUT2D eigenvalue weighted by molar-refractivity contribution is 5.72. The van der Waals surface area contributed by atoms with Crippen LogP contribution in [0.2, 0.25) is 0 Å². The molecule has 0 aromatic carbocycles. The molecule has 0 aromatic rings. The molecule has 94 valence electrons. The molecule has 0 saturated carbocycles. The highest BCUT2D eigenvalue weighted by Gasteiger charge is 2.26. The molecule has 0 aliphatic carbocycles. The Morgan fingerprint density at radius 3 is 2.94 bits per heavy atom. The lowest BCUT2D eigenvalue weighted by Gasteiger charge is -2.38. The van der Waals surface area contributed by atoms with Gasteiger partial charge in [-0.1, -0.05) is 6.92 Å². The second-order valence-corrected chi connectivity index (χ2v) is 4.43. The average Bonchev–Trinajstić information content (AvgIpc) is 2.25. The summed E-state index contributed by atoms with van der Waals surface area (Å²) in [5.41, 5.74) is 5.50. The second kappa shape index (κ2) is 6.18. The Bertz CT molecular complexity index is 235. The summed E-state index contributed by atoms with van der Waals surface area (Å²) >= 11 is 0. The lowest BCUT2D eigenvalue weighted by Crippen LogP contribution is -2.50. The normalized spacial score (nSPS) is 28.9. The van der Waals surface area contributed by atoms with Crippen molar-refractivity contribution in [2.24, 2.45) is 5.73 Å². The number of carbonyl (C=O) groups is 1. The van der Waals surface area contributed by atoms with Crippen molar-refractivity contribution >= 4 is 5.97 Å². The molecule has 3 N–H and O–H groups in total. The fourth-order valence-corrected chi connectivity index (χ4v) is 1.99. The summed E-state index contributed by atoms with van der Waals surface area (Å²) in [6, 6.07) is -0.354. The Kier molecular flexibility index (Phi) is 5.18. The molecule has 1 aliphatic heterocycles. The fourth-order valence-electron chi connectivity index (χ4n) is 1.99. The quantitative estimate of drug-likeness (QED) is 0.710. The average molecular weight is 230 g/mol. The third-order valence-electron chi connectivity index (χ3n) is 3.10. The van der Waals surface area contributed by atoms with Gasteiger partial charge in [0.25, 0.3) is 0 Å². The molecule has 16 heavy (non-hydrogen) atoms. The van der Waals surface area contributed by atoms with Gasteiger partial charge in [-0.05, 0) is 19.8 Å². The zero-order valence-corrected chi connectivity index (χ0v) is 10.1. The van der Waals surface area contributed by atoms with Crippen LogP contribution < -0.4 is 5.73 Å². The number of ether oxygens (including phenoxy) is 1. The first-order chi connectivity index (χ1) is 7.54. The van der Waals surface area contributed by atoms with Crippen LogP contribution in [0.4, 0.5) is 0 Å². The van der Waals surface area contributed by atoms with E-state index < -0.39 is 12.0 Å². The van der Waals surface area contributed by atoms with Crippen LogP contribution in [0.3, 0.4) is 0 Å². The number of nitrogens with zero attached hydrogens (tertiary/aromatic N) is 1. The van der Waals surface area contributed by atoms with Crippen molar-refractivity contribution in [2.45, 2.75) is 44.9 Å². The van der Waals surface area contributed by atoms with Crippen molar-refractivity contribution in [1.29, 1.82) is 0 Å². The lowest BCUT2D eigenvalue weighted by molar-refractivity contribution is -0.139. The molecule has 3 unspecified atom stereocenters. The van der Waals surface area contributed by atoms with E-state index in [9.17, 15) is 4.79 Å². The minimum atomic E-state index is -0.922. The SMILES string of the molecule is CCC1COC(C)CN1CCC(N)C(=O)O. The van der Waals surface area contributed by atoms with Crippen LogP contribution in [0.1, 0.15) is 26.7 Å². The summed E-state index contributed by atoms with van der Waals surface area (Å²) in [5, 5.41) is 8.72. The summed E-state index contributed by atoms with van der Waals surface area (Å²) in [6.07, 6.45) is 1.75. The molecule has 5 nitrogen and oxygen atoms in total. The van der Waals surface area contributed by atoms with E-state index in [0.29, 0.717) is 12.5 Å². The first-order valence-corrected chi connectivity index (χ1v) is 5.88. The minimum Gasteiger partial charge on any atom is -0.480 e. The number of hydrogen-bond acceptors (Lipinski definition) is 4. The van der Waals surface area contributed by atoms with Gasteiger partial charge in [-0.15, -0.1) is 0 Å². The molecule has 0 spiro atoms. The third kappa shape index (κ3) is 3.73. The van der Waals surface area contributed by atoms with Crippen LogP contribution in [0.25, 0.3) is 0 Å². The maximum atomic E-state index is 10.6. The molecule has 5 heteroatoms. The molecule has 0 radical (unpaired) electrons. The Hall–Kier alpha value is -0.650. The van der Waals surface area contributed by atoms with E-state index >= 15 is 0 Å². The molecule has 1 saturated heterocycles.